The summed E-state index contributed by atoms with van der Waals surface area (Å²) in [6, 6.07) is 9.36. The van der Waals surface area contributed by atoms with Gasteiger partial charge in [0, 0.05) is 13.5 Å². The maximum absolute atomic E-state index is 10.7. The Morgan fingerprint density at radius 3 is 2.57 bits per heavy atom. The van der Waals surface area contributed by atoms with E-state index in [0.29, 0.717) is 6.29 Å². The van der Waals surface area contributed by atoms with E-state index in [1.54, 1.807) is 0 Å². The summed E-state index contributed by atoms with van der Waals surface area (Å²) in [6.45, 7) is 0.0192. The van der Waals surface area contributed by atoms with E-state index in [2.05, 4.69) is 0 Å². The van der Waals surface area contributed by atoms with E-state index in [0.717, 1.165) is 5.56 Å². The molecule has 0 fully saturated rings. The Balaban J connectivity index is 2.70. The molecule has 1 N–H and O–H groups in total. The van der Waals surface area contributed by atoms with Crippen LogP contribution in [0.25, 0.3) is 0 Å². The van der Waals surface area contributed by atoms with Gasteiger partial charge in [-0.1, -0.05) is 30.3 Å². The van der Waals surface area contributed by atoms with E-state index in [1.807, 2.05) is 30.3 Å². The number of ether oxygens (including phenoxy) is 1. The summed E-state index contributed by atoms with van der Waals surface area (Å²) in [5.74, 6) is 0. The first kappa shape index (κ1) is 10.9. The molecule has 0 aliphatic rings. The van der Waals surface area contributed by atoms with Gasteiger partial charge in [-0.25, -0.2) is 0 Å². The average molecular weight is 194 g/mol. The molecule has 0 bridgehead atoms. The van der Waals surface area contributed by atoms with Gasteiger partial charge in [0.2, 0.25) is 0 Å². The molecule has 0 unspecified atom stereocenters. The number of carbonyl (C=O) groups is 1. The van der Waals surface area contributed by atoms with Gasteiger partial charge in [-0.15, -0.1) is 0 Å². The smallest absolute Gasteiger partial charge is 0.154 e. The summed E-state index contributed by atoms with van der Waals surface area (Å²) in [7, 11) is 1.46. The molecule has 0 saturated heterocycles. The van der Waals surface area contributed by atoms with E-state index in [1.165, 1.54) is 7.11 Å². The van der Waals surface area contributed by atoms with Gasteiger partial charge in [-0.2, -0.15) is 0 Å². The standard InChI is InChI=1S/C11H14O3/c1-14-9-11(13,8-12)7-10-5-3-2-4-6-10/h2-6,8,13H,7,9H2,1H3/t11-/m1/s1. The van der Waals surface area contributed by atoms with Crippen molar-refractivity contribution >= 4 is 6.29 Å². The predicted molar refractivity (Wildman–Crippen MR) is 53.0 cm³/mol. The Hall–Kier alpha value is -1.19. The molecule has 0 spiro atoms. The van der Waals surface area contributed by atoms with Gasteiger partial charge in [-0.3, -0.25) is 0 Å². The lowest BCUT2D eigenvalue weighted by Gasteiger charge is -2.20. The molecule has 0 amide bonds. The Labute approximate surface area is 83.3 Å². The summed E-state index contributed by atoms with van der Waals surface area (Å²) in [5.41, 5.74) is -0.491. The van der Waals surface area contributed by atoms with Crippen molar-refractivity contribution in [1.29, 1.82) is 0 Å². The number of benzene rings is 1. The van der Waals surface area contributed by atoms with Gasteiger partial charge < -0.3 is 14.6 Å². The van der Waals surface area contributed by atoms with Gasteiger partial charge in [-0.05, 0) is 5.56 Å². The second kappa shape index (κ2) is 4.88. The van der Waals surface area contributed by atoms with E-state index < -0.39 is 5.60 Å². The predicted octanol–water partition coefficient (Wildman–Crippen LogP) is 0.805. The van der Waals surface area contributed by atoms with Crippen LogP contribution in [-0.2, 0) is 16.0 Å². The van der Waals surface area contributed by atoms with E-state index in [4.69, 9.17) is 4.74 Å². The molecule has 3 heteroatoms. The maximum Gasteiger partial charge on any atom is 0.154 e. The molecule has 3 nitrogen and oxygen atoms in total. The van der Waals surface area contributed by atoms with Gasteiger partial charge >= 0.3 is 0 Å². The first-order valence-electron chi connectivity index (χ1n) is 4.42. The third kappa shape index (κ3) is 2.94. The largest absolute Gasteiger partial charge is 0.381 e. The van der Waals surface area contributed by atoms with Crippen molar-refractivity contribution in [3.63, 3.8) is 0 Å². The van der Waals surface area contributed by atoms with Gasteiger partial charge in [0.15, 0.2) is 6.29 Å². The SMILES string of the molecule is COC[C@](O)(C=O)Cc1ccccc1. The fourth-order valence-electron chi connectivity index (χ4n) is 1.33. The van der Waals surface area contributed by atoms with Crippen LogP contribution in [0.15, 0.2) is 30.3 Å². The number of hydrogen-bond donors (Lipinski definition) is 1. The number of rotatable bonds is 5. The molecule has 0 heterocycles. The van der Waals surface area contributed by atoms with Gasteiger partial charge in [0.1, 0.15) is 5.60 Å². The highest BCUT2D eigenvalue weighted by Gasteiger charge is 2.26. The average Bonchev–Trinajstić information content (AvgIpc) is 2.20. The molecule has 1 aromatic rings. The fraction of sp³-hybridized carbons (Fsp3) is 0.364. The molecule has 1 aromatic carbocycles. The van der Waals surface area contributed by atoms with Crippen molar-refractivity contribution in [2.75, 3.05) is 13.7 Å². The molecular weight excluding hydrogens is 180 g/mol. The van der Waals surface area contributed by atoms with Crippen molar-refractivity contribution < 1.29 is 14.6 Å². The Morgan fingerprint density at radius 1 is 1.43 bits per heavy atom. The molecule has 0 aliphatic carbocycles. The monoisotopic (exact) mass is 194 g/mol. The number of hydrogen-bond acceptors (Lipinski definition) is 3. The molecule has 1 atom stereocenters. The Morgan fingerprint density at radius 2 is 2.07 bits per heavy atom. The fourth-order valence-corrected chi connectivity index (χ4v) is 1.33. The summed E-state index contributed by atoms with van der Waals surface area (Å²) < 4.78 is 4.79. The second-order valence-corrected chi connectivity index (χ2v) is 3.32. The zero-order chi connectivity index (χ0) is 10.4. The first-order chi connectivity index (χ1) is 6.70. The zero-order valence-electron chi connectivity index (χ0n) is 8.14. The minimum Gasteiger partial charge on any atom is -0.381 e. The van der Waals surface area contributed by atoms with Crippen LogP contribution in [-0.4, -0.2) is 30.7 Å². The van der Waals surface area contributed by atoms with Crippen LogP contribution in [0, 0.1) is 0 Å². The third-order valence-electron chi connectivity index (χ3n) is 1.97. The lowest BCUT2D eigenvalue weighted by molar-refractivity contribution is -0.129. The van der Waals surface area contributed by atoms with Crippen LogP contribution in [0.2, 0.25) is 0 Å². The number of methoxy groups -OCH3 is 1. The third-order valence-corrected chi connectivity index (χ3v) is 1.97. The minimum atomic E-state index is -1.41. The molecule has 0 radical (unpaired) electrons. The zero-order valence-corrected chi connectivity index (χ0v) is 8.14. The highest BCUT2D eigenvalue weighted by molar-refractivity contribution is 5.63. The number of carbonyl (C=O) groups excluding carboxylic acids is 1. The van der Waals surface area contributed by atoms with E-state index >= 15 is 0 Å². The number of aldehydes is 1. The van der Waals surface area contributed by atoms with Crippen molar-refractivity contribution in [3.05, 3.63) is 35.9 Å². The Bertz CT molecular complexity index is 284. The van der Waals surface area contributed by atoms with Gasteiger partial charge in [0.05, 0.1) is 6.61 Å². The summed E-state index contributed by atoms with van der Waals surface area (Å²) in [5, 5.41) is 9.78. The van der Waals surface area contributed by atoms with Crippen LogP contribution in [0.1, 0.15) is 5.56 Å². The van der Waals surface area contributed by atoms with Crippen LogP contribution in [0.5, 0.6) is 0 Å². The molecular formula is C11H14O3. The summed E-state index contributed by atoms with van der Waals surface area (Å²) in [4.78, 5) is 10.7. The van der Waals surface area contributed by atoms with Crippen LogP contribution in [0.3, 0.4) is 0 Å². The van der Waals surface area contributed by atoms with E-state index in [-0.39, 0.29) is 13.0 Å². The van der Waals surface area contributed by atoms with Crippen LogP contribution >= 0.6 is 0 Å². The molecule has 14 heavy (non-hydrogen) atoms. The van der Waals surface area contributed by atoms with Crippen molar-refractivity contribution in [2.45, 2.75) is 12.0 Å². The minimum absolute atomic E-state index is 0.0192. The lowest BCUT2D eigenvalue weighted by atomic mass is 9.97. The lowest BCUT2D eigenvalue weighted by Crippen LogP contribution is -2.38. The molecule has 0 saturated carbocycles. The summed E-state index contributed by atoms with van der Waals surface area (Å²) >= 11 is 0. The topological polar surface area (TPSA) is 46.5 Å². The highest BCUT2D eigenvalue weighted by Crippen LogP contribution is 2.11. The normalized spacial score (nSPS) is 14.7. The van der Waals surface area contributed by atoms with Crippen molar-refractivity contribution in [1.82, 2.24) is 0 Å². The first-order valence-corrected chi connectivity index (χ1v) is 4.42. The van der Waals surface area contributed by atoms with Crippen LogP contribution in [0.4, 0.5) is 0 Å². The number of aliphatic hydroxyl groups is 1. The molecule has 76 valence electrons. The highest BCUT2D eigenvalue weighted by atomic mass is 16.5. The second-order valence-electron chi connectivity index (χ2n) is 3.32. The van der Waals surface area contributed by atoms with Crippen molar-refractivity contribution in [2.24, 2.45) is 0 Å². The van der Waals surface area contributed by atoms with Gasteiger partial charge in [0.25, 0.3) is 0 Å². The molecule has 0 aliphatic heterocycles. The van der Waals surface area contributed by atoms with E-state index in [9.17, 15) is 9.90 Å². The Kier molecular flexibility index (Phi) is 3.80. The summed E-state index contributed by atoms with van der Waals surface area (Å²) in [6.07, 6.45) is 0.814. The quantitative estimate of drug-likeness (QED) is 0.705. The molecule has 0 aromatic heterocycles. The van der Waals surface area contributed by atoms with Crippen molar-refractivity contribution in [3.8, 4) is 0 Å². The van der Waals surface area contributed by atoms with Crippen LogP contribution < -0.4 is 0 Å². The molecule has 1 rings (SSSR count). The maximum atomic E-state index is 10.7.